The van der Waals surface area contributed by atoms with Crippen molar-refractivity contribution in [2.75, 3.05) is 24.5 Å². The Morgan fingerprint density at radius 1 is 1.39 bits per heavy atom. The highest BCUT2D eigenvalue weighted by atomic mass is 16.5. The first-order valence-corrected chi connectivity index (χ1v) is 5.87. The molecule has 8 heteroatoms. The first-order valence-electron chi connectivity index (χ1n) is 5.87. The van der Waals surface area contributed by atoms with Crippen LogP contribution in [0.25, 0.3) is 0 Å². The van der Waals surface area contributed by atoms with Gasteiger partial charge in [-0.05, 0) is 19.8 Å². The first-order chi connectivity index (χ1) is 8.72. The van der Waals surface area contributed by atoms with Crippen molar-refractivity contribution in [2.45, 2.75) is 31.9 Å². The quantitative estimate of drug-likeness (QED) is 0.503. The third kappa shape index (κ3) is 2.96. The Hall–Kier alpha value is -1.67. The summed E-state index contributed by atoms with van der Waals surface area (Å²) in [5, 5.41) is 3.17. The molecule has 0 bridgehead atoms. The summed E-state index contributed by atoms with van der Waals surface area (Å²) in [7, 11) is 1.49. The molecular weight excluding hydrogens is 236 g/mol. The van der Waals surface area contributed by atoms with Gasteiger partial charge in [-0.15, -0.1) is 0 Å². The van der Waals surface area contributed by atoms with Crippen LogP contribution in [0.5, 0.6) is 6.01 Å². The van der Waals surface area contributed by atoms with Gasteiger partial charge in [-0.2, -0.15) is 15.0 Å². The molecule has 18 heavy (non-hydrogen) atoms. The number of aromatic nitrogens is 3. The number of nitrogen functional groups attached to an aromatic ring is 1. The average Bonchev–Trinajstić information content (AvgIpc) is 2.92. The van der Waals surface area contributed by atoms with Gasteiger partial charge in [0, 0.05) is 6.61 Å². The van der Waals surface area contributed by atoms with Gasteiger partial charge in [0.2, 0.25) is 11.9 Å². The molecule has 0 saturated carbocycles. The van der Waals surface area contributed by atoms with Crippen LogP contribution in [0.4, 0.5) is 11.9 Å². The number of nitrogens with one attached hydrogen (secondary N) is 2. The van der Waals surface area contributed by atoms with E-state index < -0.39 is 0 Å². The molecule has 0 radical (unpaired) electrons. The van der Waals surface area contributed by atoms with Crippen LogP contribution in [0.1, 0.15) is 19.8 Å². The van der Waals surface area contributed by atoms with Crippen molar-refractivity contribution in [2.24, 2.45) is 5.84 Å². The van der Waals surface area contributed by atoms with Crippen LogP contribution in [-0.4, -0.2) is 40.8 Å². The molecule has 2 rings (SSSR count). The minimum Gasteiger partial charge on any atom is -0.467 e. The molecule has 1 aromatic heterocycles. The first kappa shape index (κ1) is 12.8. The highest BCUT2D eigenvalue weighted by molar-refractivity contribution is 5.35. The number of rotatable bonds is 5. The molecule has 2 atom stereocenters. The van der Waals surface area contributed by atoms with Crippen LogP contribution in [0.2, 0.25) is 0 Å². The Morgan fingerprint density at radius 2 is 2.17 bits per heavy atom. The lowest BCUT2D eigenvalue weighted by Gasteiger charge is -2.20. The van der Waals surface area contributed by atoms with Crippen LogP contribution in [0.15, 0.2) is 0 Å². The van der Waals surface area contributed by atoms with E-state index in [-0.39, 0.29) is 24.1 Å². The second-order valence-electron chi connectivity index (χ2n) is 4.10. The van der Waals surface area contributed by atoms with Gasteiger partial charge in [0.25, 0.3) is 0 Å². The third-order valence-electron chi connectivity index (χ3n) is 2.81. The summed E-state index contributed by atoms with van der Waals surface area (Å²) in [5.74, 6) is 5.95. The monoisotopic (exact) mass is 254 g/mol. The number of hydrazine groups is 1. The van der Waals surface area contributed by atoms with Gasteiger partial charge in [0.15, 0.2) is 0 Å². The van der Waals surface area contributed by atoms with E-state index in [9.17, 15) is 0 Å². The number of nitrogens with zero attached hydrogens (tertiary/aromatic N) is 3. The van der Waals surface area contributed by atoms with Gasteiger partial charge in [-0.1, -0.05) is 0 Å². The summed E-state index contributed by atoms with van der Waals surface area (Å²) >= 11 is 0. The number of methoxy groups -OCH3 is 1. The Bertz CT molecular complexity index is 374. The van der Waals surface area contributed by atoms with Crippen molar-refractivity contribution >= 4 is 11.9 Å². The summed E-state index contributed by atoms with van der Waals surface area (Å²) in [6, 6.07) is 0.324. The van der Waals surface area contributed by atoms with E-state index in [4.69, 9.17) is 15.3 Å². The fraction of sp³-hybridized carbons (Fsp3) is 0.700. The van der Waals surface area contributed by atoms with Gasteiger partial charge < -0.3 is 14.8 Å². The van der Waals surface area contributed by atoms with E-state index in [2.05, 4.69) is 25.7 Å². The van der Waals surface area contributed by atoms with Gasteiger partial charge in [0.1, 0.15) is 0 Å². The molecular formula is C10H18N6O2. The standard InChI is InChI=1S/C10H18N6O2/c1-6(7-4-3-5-18-7)12-8-13-9(16-11)15-10(14-8)17-2/h6-7H,3-5,11H2,1-2H3,(H2,12,13,14,15,16). The van der Waals surface area contributed by atoms with E-state index in [1.807, 2.05) is 6.92 Å². The van der Waals surface area contributed by atoms with E-state index in [1.165, 1.54) is 7.11 Å². The third-order valence-corrected chi connectivity index (χ3v) is 2.81. The second-order valence-corrected chi connectivity index (χ2v) is 4.10. The van der Waals surface area contributed by atoms with Crippen LogP contribution in [-0.2, 0) is 4.74 Å². The zero-order valence-electron chi connectivity index (χ0n) is 10.5. The highest BCUT2D eigenvalue weighted by Gasteiger charge is 2.23. The SMILES string of the molecule is COc1nc(NN)nc(NC(C)C2CCCO2)n1. The molecule has 1 aliphatic rings. The largest absolute Gasteiger partial charge is 0.467 e. The van der Waals surface area contributed by atoms with Crippen molar-refractivity contribution in [1.82, 2.24) is 15.0 Å². The lowest BCUT2D eigenvalue weighted by molar-refractivity contribution is 0.0994. The molecule has 0 aromatic carbocycles. The fourth-order valence-electron chi connectivity index (χ4n) is 1.87. The molecule has 0 aliphatic carbocycles. The summed E-state index contributed by atoms with van der Waals surface area (Å²) in [6.45, 7) is 2.84. The smallest absolute Gasteiger partial charge is 0.322 e. The number of nitrogens with two attached hydrogens (primary N) is 1. The summed E-state index contributed by atoms with van der Waals surface area (Å²) in [5.41, 5.74) is 2.37. The van der Waals surface area contributed by atoms with Gasteiger partial charge in [-0.3, -0.25) is 5.43 Å². The maximum atomic E-state index is 5.59. The fourth-order valence-corrected chi connectivity index (χ4v) is 1.87. The summed E-state index contributed by atoms with van der Waals surface area (Å²) < 4.78 is 10.6. The lowest BCUT2D eigenvalue weighted by atomic mass is 10.1. The molecule has 2 unspecified atom stereocenters. The molecule has 0 spiro atoms. The highest BCUT2D eigenvalue weighted by Crippen LogP contribution is 2.18. The zero-order chi connectivity index (χ0) is 13.0. The van der Waals surface area contributed by atoms with Crippen LogP contribution >= 0.6 is 0 Å². The van der Waals surface area contributed by atoms with Crippen molar-refractivity contribution in [1.29, 1.82) is 0 Å². The Balaban J connectivity index is 2.07. The van der Waals surface area contributed by atoms with Crippen LogP contribution in [0, 0.1) is 0 Å². The molecule has 0 amide bonds. The predicted molar refractivity (Wildman–Crippen MR) is 66.2 cm³/mol. The van der Waals surface area contributed by atoms with Crippen molar-refractivity contribution in [3.63, 3.8) is 0 Å². The number of hydrogen-bond acceptors (Lipinski definition) is 8. The van der Waals surface area contributed by atoms with Gasteiger partial charge >= 0.3 is 6.01 Å². The van der Waals surface area contributed by atoms with E-state index in [1.54, 1.807) is 0 Å². The van der Waals surface area contributed by atoms with Gasteiger partial charge in [0.05, 0.1) is 19.3 Å². The van der Waals surface area contributed by atoms with E-state index in [0.717, 1.165) is 19.4 Å². The number of anilines is 2. The molecule has 1 aliphatic heterocycles. The Morgan fingerprint density at radius 3 is 2.78 bits per heavy atom. The maximum absolute atomic E-state index is 5.59. The molecule has 4 N–H and O–H groups in total. The van der Waals surface area contributed by atoms with Crippen LogP contribution < -0.4 is 21.3 Å². The molecule has 8 nitrogen and oxygen atoms in total. The molecule has 1 aromatic rings. The molecule has 1 fully saturated rings. The minimum atomic E-state index is 0.116. The topological polar surface area (TPSA) is 107 Å². The van der Waals surface area contributed by atoms with Crippen LogP contribution in [0.3, 0.4) is 0 Å². The number of hydrogen-bond donors (Lipinski definition) is 3. The molecule has 2 heterocycles. The predicted octanol–water partition coefficient (Wildman–Crippen LogP) is 0.145. The van der Waals surface area contributed by atoms with E-state index >= 15 is 0 Å². The second kappa shape index (κ2) is 5.78. The average molecular weight is 254 g/mol. The zero-order valence-corrected chi connectivity index (χ0v) is 10.5. The summed E-state index contributed by atoms with van der Waals surface area (Å²) in [6.07, 6.45) is 2.31. The maximum Gasteiger partial charge on any atom is 0.322 e. The summed E-state index contributed by atoms with van der Waals surface area (Å²) in [4.78, 5) is 12.1. The molecule has 1 saturated heterocycles. The lowest BCUT2D eigenvalue weighted by Crippen LogP contribution is -2.31. The van der Waals surface area contributed by atoms with Crippen molar-refractivity contribution < 1.29 is 9.47 Å². The van der Waals surface area contributed by atoms with E-state index in [0.29, 0.717) is 5.95 Å². The Labute approximate surface area is 105 Å². The Kier molecular flexibility index (Phi) is 4.11. The minimum absolute atomic E-state index is 0.116. The molecule has 100 valence electrons. The van der Waals surface area contributed by atoms with Crippen molar-refractivity contribution in [3.05, 3.63) is 0 Å². The number of ether oxygens (including phenoxy) is 2. The van der Waals surface area contributed by atoms with Crippen molar-refractivity contribution in [3.8, 4) is 6.01 Å². The van der Waals surface area contributed by atoms with Gasteiger partial charge in [-0.25, -0.2) is 5.84 Å². The normalized spacial score (nSPS) is 20.5.